The van der Waals surface area contributed by atoms with Gasteiger partial charge in [-0.05, 0) is 61.1 Å². The van der Waals surface area contributed by atoms with Crippen LogP contribution in [-0.4, -0.2) is 43.7 Å². The zero-order valence-electron chi connectivity index (χ0n) is 21.4. The number of ether oxygens (including phenoxy) is 2. The minimum atomic E-state index is -3.97. The molecule has 0 bridgehead atoms. The number of nitrogens with one attached hydrogen (secondary N) is 1. The summed E-state index contributed by atoms with van der Waals surface area (Å²) < 4.78 is 39.1. The highest BCUT2D eigenvalue weighted by Crippen LogP contribution is 2.23. The maximum Gasteiger partial charge on any atom is 0.410 e. The van der Waals surface area contributed by atoms with E-state index in [1.54, 1.807) is 35.2 Å². The molecule has 4 rings (SSSR count). The van der Waals surface area contributed by atoms with E-state index >= 15 is 0 Å². The van der Waals surface area contributed by atoms with Gasteiger partial charge >= 0.3 is 6.09 Å². The average molecular weight is 571 g/mol. The molecule has 1 fully saturated rings. The molecule has 0 aromatic heterocycles. The minimum absolute atomic E-state index is 0.110. The van der Waals surface area contributed by atoms with E-state index in [1.807, 2.05) is 42.5 Å². The summed E-state index contributed by atoms with van der Waals surface area (Å²) in [5.74, 6) is -0.816. The summed E-state index contributed by atoms with van der Waals surface area (Å²) in [6, 6.07) is 22.6. The van der Waals surface area contributed by atoms with Crippen molar-refractivity contribution in [2.24, 2.45) is 0 Å². The Labute approximate surface area is 233 Å². The van der Waals surface area contributed by atoms with Gasteiger partial charge in [-0.1, -0.05) is 66.2 Å². The van der Waals surface area contributed by atoms with Crippen molar-refractivity contribution in [3.63, 3.8) is 0 Å². The highest BCUT2D eigenvalue weighted by molar-refractivity contribution is 7.90. The molecule has 39 heavy (non-hydrogen) atoms. The number of amides is 2. The van der Waals surface area contributed by atoms with Crippen LogP contribution < -0.4 is 9.46 Å². The Morgan fingerprint density at radius 3 is 2.36 bits per heavy atom. The predicted molar refractivity (Wildman–Crippen MR) is 149 cm³/mol. The molecule has 1 aliphatic rings. The summed E-state index contributed by atoms with van der Waals surface area (Å²) in [5, 5.41) is 0.601. The predicted octanol–water partition coefficient (Wildman–Crippen LogP) is 5.56. The van der Waals surface area contributed by atoms with E-state index in [1.165, 1.54) is 6.07 Å². The third-order valence-corrected chi connectivity index (χ3v) is 8.00. The number of benzene rings is 3. The van der Waals surface area contributed by atoms with Crippen molar-refractivity contribution in [1.82, 2.24) is 9.62 Å². The van der Waals surface area contributed by atoms with E-state index in [4.69, 9.17) is 21.1 Å². The van der Waals surface area contributed by atoms with E-state index in [2.05, 4.69) is 4.72 Å². The molecule has 10 heteroatoms. The number of nitrogens with zero attached hydrogens (tertiary/aromatic N) is 1. The fraction of sp³-hybridized carbons (Fsp3) is 0.310. The van der Waals surface area contributed by atoms with Crippen molar-refractivity contribution in [3.8, 4) is 5.75 Å². The summed E-state index contributed by atoms with van der Waals surface area (Å²) in [5.41, 5.74) is 1.84. The topological polar surface area (TPSA) is 102 Å². The Hall–Kier alpha value is -3.56. The highest BCUT2D eigenvalue weighted by atomic mass is 35.5. The molecule has 3 aromatic rings. The first kappa shape index (κ1) is 28.4. The van der Waals surface area contributed by atoms with Gasteiger partial charge in [0.1, 0.15) is 19.0 Å². The first-order chi connectivity index (χ1) is 18.8. The van der Waals surface area contributed by atoms with Gasteiger partial charge in [-0.25, -0.2) is 17.9 Å². The van der Waals surface area contributed by atoms with Crippen LogP contribution in [0.1, 0.15) is 47.2 Å². The normalized spacial score (nSPS) is 15.4. The molecule has 8 nitrogen and oxygen atoms in total. The molecule has 2 amide bonds. The van der Waals surface area contributed by atoms with Crippen LogP contribution in [0.15, 0.2) is 78.9 Å². The number of carbonyl (C=O) groups excluding carboxylic acids is 2. The molecule has 1 heterocycles. The summed E-state index contributed by atoms with van der Waals surface area (Å²) >= 11 is 5.92. The number of hydrogen-bond donors (Lipinski definition) is 1. The first-order valence-electron chi connectivity index (χ1n) is 12.8. The molecule has 0 spiro atoms. The second-order valence-corrected chi connectivity index (χ2v) is 11.6. The number of hydrogen-bond acceptors (Lipinski definition) is 6. The quantitative estimate of drug-likeness (QED) is 0.342. The molecule has 0 aliphatic carbocycles. The van der Waals surface area contributed by atoms with Crippen molar-refractivity contribution >= 4 is 33.6 Å². The Morgan fingerprint density at radius 1 is 0.897 bits per heavy atom. The van der Waals surface area contributed by atoms with Gasteiger partial charge in [0.15, 0.2) is 0 Å². The van der Waals surface area contributed by atoms with Gasteiger partial charge in [-0.15, -0.1) is 0 Å². The molecule has 1 atom stereocenters. The largest absolute Gasteiger partial charge is 0.488 e. The molecule has 1 unspecified atom stereocenters. The fourth-order valence-electron chi connectivity index (χ4n) is 4.40. The smallest absolute Gasteiger partial charge is 0.410 e. The van der Waals surface area contributed by atoms with Gasteiger partial charge in [-0.3, -0.25) is 4.79 Å². The van der Waals surface area contributed by atoms with E-state index < -0.39 is 22.0 Å². The van der Waals surface area contributed by atoms with Crippen LogP contribution in [0, 0.1) is 0 Å². The molecule has 0 radical (unpaired) electrons. The van der Waals surface area contributed by atoms with E-state index in [9.17, 15) is 18.0 Å². The summed E-state index contributed by atoms with van der Waals surface area (Å²) in [6.07, 6.45) is 2.12. The number of sulfonamides is 1. The van der Waals surface area contributed by atoms with Crippen LogP contribution >= 0.6 is 11.6 Å². The maximum absolute atomic E-state index is 12.9. The van der Waals surface area contributed by atoms with E-state index in [-0.39, 0.29) is 42.7 Å². The summed E-state index contributed by atoms with van der Waals surface area (Å²) in [4.78, 5) is 27.3. The molecule has 1 aliphatic heterocycles. The van der Waals surface area contributed by atoms with Crippen molar-refractivity contribution < 1.29 is 27.5 Å². The average Bonchev–Trinajstić information content (AvgIpc) is 2.95. The number of carbonyl (C=O) groups is 2. The second kappa shape index (κ2) is 13.5. The fourth-order valence-corrected chi connectivity index (χ4v) is 5.61. The van der Waals surface area contributed by atoms with Gasteiger partial charge in [-0.2, -0.15) is 0 Å². The summed E-state index contributed by atoms with van der Waals surface area (Å²) in [6.45, 7) is 0.839. The Kier molecular flexibility index (Phi) is 9.84. The van der Waals surface area contributed by atoms with Gasteiger partial charge in [0.25, 0.3) is 5.91 Å². The molecule has 3 aromatic carbocycles. The molecular weight excluding hydrogens is 540 g/mol. The lowest BCUT2D eigenvalue weighted by atomic mass is 10.0. The minimum Gasteiger partial charge on any atom is -0.488 e. The monoisotopic (exact) mass is 570 g/mol. The number of halogens is 1. The highest BCUT2D eigenvalue weighted by Gasteiger charge is 2.30. The third kappa shape index (κ3) is 8.46. The molecule has 0 saturated carbocycles. The van der Waals surface area contributed by atoms with Gasteiger partial charge in [0.05, 0.1) is 11.3 Å². The molecule has 1 saturated heterocycles. The Morgan fingerprint density at radius 2 is 1.59 bits per heavy atom. The second-order valence-electron chi connectivity index (χ2n) is 9.33. The SMILES string of the molecule is O=C(NS(=O)(=O)CCC1CCCCN1C(=O)OCc1ccccc1)c1ccccc1OCc1ccc(Cl)cc1. The maximum atomic E-state index is 12.9. The van der Waals surface area contributed by atoms with Crippen LogP contribution in [-0.2, 0) is 28.0 Å². The van der Waals surface area contributed by atoms with Crippen LogP contribution in [0.5, 0.6) is 5.75 Å². The van der Waals surface area contributed by atoms with E-state index in [0.717, 1.165) is 24.0 Å². The lowest BCUT2D eigenvalue weighted by Crippen LogP contribution is -2.45. The van der Waals surface area contributed by atoms with Gasteiger partial charge in [0, 0.05) is 17.6 Å². The lowest BCUT2D eigenvalue weighted by molar-refractivity contribution is 0.0672. The summed E-state index contributed by atoms with van der Waals surface area (Å²) in [7, 11) is -3.97. The number of piperidine rings is 1. The van der Waals surface area contributed by atoms with Crippen molar-refractivity contribution in [3.05, 3.63) is 101 Å². The van der Waals surface area contributed by atoms with Crippen LogP contribution in [0.4, 0.5) is 4.79 Å². The Balaban J connectivity index is 1.32. The lowest BCUT2D eigenvalue weighted by Gasteiger charge is -2.34. The van der Waals surface area contributed by atoms with Crippen molar-refractivity contribution in [2.75, 3.05) is 12.3 Å². The van der Waals surface area contributed by atoms with Gasteiger partial charge < -0.3 is 14.4 Å². The number of likely N-dealkylation sites (tertiary alicyclic amines) is 1. The van der Waals surface area contributed by atoms with Crippen molar-refractivity contribution in [2.45, 2.75) is 44.9 Å². The zero-order valence-corrected chi connectivity index (χ0v) is 23.0. The van der Waals surface area contributed by atoms with Crippen LogP contribution in [0.25, 0.3) is 0 Å². The molecule has 1 N–H and O–H groups in total. The van der Waals surface area contributed by atoms with Crippen molar-refractivity contribution in [1.29, 1.82) is 0 Å². The van der Waals surface area contributed by atoms with E-state index in [0.29, 0.717) is 18.0 Å². The third-order valence-electron chi connectivity index (χ3n) is 6.47. The van der Waals surface area contributed by atoms with Crippen LogP contribution in [0.2, 0.25) is 5.02 Å². The number of para-hydroxylation sites is 1. The zero-order chi connectivity index (χ0) is 27.7. The molecule has 206 valence electrons. The number of rotatable bonds is 10. The van der Waals surface area contributed by atoms with Crippen LogP contribution in [0.3, 0.4) is 0 Å². The first-order valence-corrected chi connectivity index (χ1v) is 14.8. The molecular formula is C29H31ClN2O6S. The van der Waals surface area contributed by atoms with Gasteiger partial charge in [0.2, 0.25) is 10.0 Å². The Bertz CT molecular complexity index is 1370. The standard InChI is InChI=1S/C29H31ClN2O6S/c30-24-15-13-23(14-16-24)20-37-27-12-5-4-11-26(27)28(33)31-39(35,36)19-17-25-10-6-7-18-32(25)29(34)38-21-22-8-2-1-3-9-22/h1-5,8-9,11-16,25H,6-7,10,17-21H2,(H,31,33).